The zero-order chi connectivity index (χ0) is 18.6. The Morgan fingerprint density at radius 3 is 2.70 bits per heavy atom. The zero-order valence-corrected chi connectivity index (χ0v) is 15.1. The Morgan fingerprint density at radius 1 is 1.19 bits per heavy atom. The molecule has 0 atom stereocenters. The summed E-state index contributed by atoms with van der Waals surface area (Å²) in [5.74, 6) is 0.679. The van der Waals surface area contributed by atoms with Gasteiger partial charge in [-0.25, -0.2) is 0 Å². The van der Waals surface area contributed by atoms with E-state index in [0.29, 0.717) is 30.5 Å². The highest BCUT2D eigenvalue weighted by atomic mass is 16.5. The molecule has 0 aliphatic carbocycles. The number of anilines is 2. The van der Waals surface area contributed by atoms with Gasteiger partial charge in [0.25, 0.3) is 6.01 Å². The van der Waals surface area contributed by atoms with Crippen LogP contribution in [0.3, 0.4) is 0 Å². The fraction of sp³-hybridized carbons (Fsp3) is 0.300. The van der Waals surface area contributed by atoms with Gasteiger partial charge < -0.3 is 24.1 Å². The molecular formula is C20H21N3O4. The molecular weight excluding hydrogens is 346 g/mol. The molecule has 2 heterocycles. The highest BCUT2D eigenvalue weighted by Crippen LogP contribution is 2.25. The van der Waals surface area contributed by atoms with Gasteiger partial charge >= 0.3 is 0 Å². The molecule has 4 rings (SSSR count). The predicted octanol–water partition coefficient (Wildman–Crippen LogP) is 2.85. The highest BCUT2D eigenvalue weighted by Gasteiger charge is 2.17. The molecule has 1 N–H and O–H groups in total. The minimum absolute atomic E-state index is 0.0903. The molecule has 1 saturated heterocycles. The summed E-state index contributed by atoms with van der Waals surface area (Å²) in [5, 5.41) is 2.91. The van der Waals surface area contributed by atoms with Gasteiger partial charge in [-0.2, -0.15) is 4.98 Å². The van der Waals surface area contributed by atoms with Gasteiger partial charge in [0.2, 0.25) is 5.91 Å². The average molecular weight is 367 g/mol. The molecule has 27 heavy (non-hydrogen) atoms. The number of carbonyl (C=O) groups excluding carboxylic acids is 1. The Morgan fingerprint density at radius 2 is 1.96 bits per heavy atom. The number of aromatic nitrogens is 1. The number of carbonyl (C=O) groups is 1. The van der Waals surface area contributed by atoms with Crippen molar-refractivity contribution in [1.29, 1.82) is 0 Å². The van der Waals surface area contributed by atoms with Crippen LogP contribution in [-0.2, 0) is 16.0 Å². The SMILES string of the molecule is COc1ccc(CC(=O)Nc2ccc3nc(N4CCOCC4)oc3c2)cc1. The molecule has 1 aliphatic rings. The number of fused-ring (bicyclic) bond motifs is 1. The number of nitrogens with zero attached hydrogens (tertiary/aromatic N) is 2. The lowest BCUT2D eigenvalue weighted by Gasteiger charge is -2.24. The van der Waals surface area contributed by atoms with Crippen LogP contribution in [0.25, 0.3) is 11.1 Å². The summed E-state index contributed by atoms with van der Waals surface area (Å²) >= 11 is 0. The topological polar surface area (TPSA) is 76.8 Å². The van der Waals surface area contributed by atoms with E-state index in [1.807, 2.05) is 36.4 Å². The number of nitrogens with one attached hydrogen (secondary N) is 1. The summed E-state index contributed by atoms with van der Waals surface area (Å²) in [6, 6.07) is 13.5. The van der Waals surface area contributed by atoms with E-state index in [0.717, 1.165) is 29.9 Å². The van der Waals surface area contributed by atoms with Gasteiger partial charge in [0.1, 0.15) is 11.3 Å². The first-order chi connectivity index (χ1) is 13.2. The Bertz CT molecular complexity index is 930. The van der Waals surface area contributed by atoms with Crippen molar-refractivity contribution in [1.82, 2.24) is 4.98 Å². The second-order valence-corrected chi connectivity index (χ2v) is 6.35. The third kappa shape index (κ3) is 4.03. The molecule has 1 amide bonds. The standard InChI is InChI=1S/C20H21N3O4/c1-25-16-5-2-14(3-6-16)12-19(24)21-15-4-7-17-18(13-15)27-20(22-17)23-8-10-26-11-9-23/h2-7,13H,8-12H2,1H3,(H,21,24). The van der Waals surface area contributed by atoms with Gasteiger partial charge in [-0.05, 0) is 29.8 Å². The number of rotatable bonds is 5. The molecule has 1 aliphatic heterocycles. The maximum atomic E-state index is 12.3. The van der Waals surface area contributed by atoms with Gasteiger partial charge in [0, 0.05) is 24.8 Å². The van der Waals surface area contributed by atoms with E-state index in [9.17, 15) is 4.79 Å². The monoisotopic (exact) mass is 367 g/mol. The van der Waals surface area contributed by atoms with Gasteiger partial charge in [0.15, 0.2) is 5.58 Å². The number of morpholine rings is 1. The number of ether oxygens (including phenoxy) is 2. The molecule has 0 unspecified atom stereocenters. The van der Waals surface area contributed by atoms with Gasteiger partial charge in [-0.3, -0.25) is 4.79 Å². The van der Waals surface area contributed by atoms with E-state index in [1.165, 1.54) is 0 Å². The van der Waals surface area contributed by atoms with Crippen LogP contribution in [0, 0.1) is 0 Å². The highest BCUT2D eigenvalue weighted by molar-refractivity contribution is 5.94. The normalized spacial score (nSPS) is 14.3. The quantitative estimate of drug-likeness (QED) is 0.747. The fourth-order valence-electron chi connectivity index (χ4n) is 3.01. The lowest BCUT2D eigenvalue weighted by molar-refractivity contribution is -0.115. The molecule has 7 nitrogen and oxygen atoms in total. The number of hydrogen-bond acceptors (Lipinski definition) is 6. The fourth-order valence-corrected chi connectivity index (χ4v) is 3.01. The van der Waals surface area contributed by atoms with E-state index in [2.05, 4.69) is 15.2 Å². The van der Waals surface area contributed by atoms with Crippen molar-refractivity contribution in [2.24, 2.45) is 0 Å². The maximum Gasteiger partial charge on any atom is 0.298 e. The average Bonchev–Trinajstić information content (AvgIpc) is 3.12. The number of hydrogen-bond donors (Lipinski definition) is 1. The van der Waals surface area contributed by atoms with Gasteiger partial charge in [0.05, 0.1) is 26.7 Å². The third-order valence-electron chi connectivity index (χ3n) is 4.47. The second-order valence-electron chi connectivity index (χ2n) is 6.35. The summed E-state index contributed by atoms with van der Waals surface area (Å²) in [5.41, 5.74) is 3.03. The van der Waals surface area contributed by atoms with Crippen LogP contribution in [0.4, 0.5) is 11.7 Å². The van der Waals surface area contributed by atoms with Crippen LogP contribution in [0.5, 0.6) is 5.75 Å². The van der Waals surface area contributed by atoms with E-state index in [-0.39, 0.29) is 12.3 Å². The first kappa shape index (κ1) is 17.4. The summed E-state index contributed by atoms with van der Waals surface area (Å²) in [6.07, 6.45) is 0.289. The van der Waals surface area contributed by atoms with E-state index in [1.54, 1.807) is 13.2 Å². The Balaban J connectivity index is 1.44. The molecule has 3 aromatic rings. The maximum absolute atomic E-state index is 12.3. The lowest BCUT2D eigenvalue weighted by Crippen LogP contribution is -2.36. The van der Waals surface area contributed by atoms with E-state index in [4.69, 9.17) is 13.9 Å². The van der Waals surface area contributed by atoms with Crippen molar-refractivity contribution in [3.05, 3.63) is 48.0 Å². The smallest absolute Gasteiger partial charge is 0.298 e. The Kier molecular flexibility index (Phi) is 4.93. The minimum atomic E-state index is -0.0903. The van der Waals surface area contributed by atoms with Crippen molar-refractivity contribution in [2.45, 2.75) is 6.42 Å². The van der Waals surface area contributed by atoms with E-state index < -0.39 is 0 Å². The molecule has 0 spiro atoms. The molecule has 1 fully saturated rings. The molecule has 1 aromatic heterocycles. The molecule has 140 valence electrons. The first-order valence-corrected chi connectivity index (χ1v) is 8.87. The number of oxazole rings is 1. The van der Waals surface area contributed by atoms with Crippen molar-refractivity contribution >= 4 is 28.7 Å². The summed E-state index contributed by atoms with van der Waals surface area (Å²) in [7, 11) is 1.62. The van der Waals surface area contributed by atoms with Crippen LogP contribution in [0.15, 0.2) is 46.9 Å². The van der Waals surface area contributed by atoms with Crippen molar-refractivity contribution in [3.8, 4) is 5.75 Å². The van der Waals surface area contributed by atoms with Gasteiger partial charge in [-0.15, -0.1) is 0 Å². The Labute approximate surface area is 156 Å². The zero-order valence-electron chi connectivity index (χ0n) is 15.1. The first-order valence-electron chi connectivity index (χ1n) is 8.87. The van der Waals surface area contributed by atoms with Crippen LogP contribution < -0.4 is 15.0 Å². The summed E-state index contributed by atoms with van der Waals surface area (Å²) in [6.45, 7) is 2.87. The molecule has 0 saturated carbocycles. The number of amides is 1. The van der Waals surface area contributed by atoms with Crippen LogP contribution in [0.2, 0.25) is 0 Å². The third-order valence-corrected chi connectivity index (χ3v) is 4.47. The van der Waals surface area contributed by atoms with Crippen molar-refractivity contribution in [3.63, 3.8) is 0 Å². The summed E-state index contributed by atoms with van der Waals surface area (Å²) in [4.78, 5) is 18.9. The molecule has 0 bridgehead atoms. The van der Waals surface area contributed by atoms with Gasteiger partial charge in [-0.1, -0.05) is 12.1 Å². The molecule has 0 radical (unpaired) electrons. The molecule has 2 aromatic carbocycles. The largest absolute Gasteiger partial charge is 0.497 e. The number of methoxy groups -OCH3 is 1. The number of benzene rings is 2. The lowest BCUT2D eigenvalue weighted by atomic mass is 10.1. The van der Waals surface area contributed by atoms with Crippen LogP contribution >= 0.6 is 0 Å². The van der Waals surface area contributed by atoms with Crippen molar-refractivity contribution < 1.29 is 18.7 Å². The molecule has 7 heteroatoms. The van der Waals surface area contributed by atoms with Crippen LogP contribution in [0.1, 0.15) is 5.56 Å². The minimum Gasteiger partial charge on any atom is -0.497 e. The van der Waals surface area contributed by atoms with Crippen molar-refractivity contribution in [2.75, 3.05) is 43.6 Å². The predicted molar refractivity (Wildman–Crippen MR) is 102 cm³/mol. The van der Waals surface area contributed by atoms with E-state index >= 15 is 0 Å². The second kappa shape index (κ2) is 7.67. The Hall–Kier alpha value is -3.06. The summed E-state index contributed by atoms with van der Waals surface area (Å²) < 4.78 is 16.4. The van der Waals surface area contributed by atoms with Crippen LogP contribution in [-0.4, -0.2) is 44.3 Å².